The molecular formula is C20H39N5O5P+. The van der Waals surface area contributed by atoms with Crippen molar-refractivity contribution < 1.29 is 22.8 Å². The first kappa shape index (κ1) is 27.5. The van der Waals surface area contributed by atoms with E-state index >= 15 is 0 Å². The minimum Gasteiger partial charge on any atom is -0.369 e. The summed E-state index contributed by atoms with van der Waals surface area (Å²) in [5.41, 5.74) is -0.427. The number of aliphatic imine (C=N–C) groups is 1. The van der Waals surface area contributed by atoms with Crippen LogP contribution in [-0.4, -0.2) is 91.7 Å². The Morgan fingerprint density at radius 3 is 2.23 bits per heavy atom. The molecule has 0 saturated heterocycles. The average Bonchev–Trinajstić information content (AvgIpc) is 2.57. The highest BCUT2D eigenvalue weighted by Gasteiger charge is 2.31. The third kappa shape index (κ3) is 11.6. The van der Waals surface area contributed by atoms with E-state index in [1.807, 2.05) is 35.2 Å². The molecule has 31 heavy (non-hydrogen) atoms. The normalized spacial score (nSPS) is 14.0. The van der Waals surface area contributed by atoms with Gasteiger partial charge in [0.15, 0.2) is 5.82 Å². The van der Waals surface area contributed by atoms with Gasteiger partial charge in [0.25, 0.3) is 0 Å². The van der Waals surface area contributed by atoms with Crippen LogP contribution in [0.5, 0.6) is 0 Å². The van der Waals surface area contributed by atoms with Crippen LogP contribution in [0.1, 0.15) is 27.7 Å². The van der Waals surface area contributed by atoms with Crippen LogP contribution in [0.25, 0.3) is 0 Å². The molecule has 1 aromatic rings. The highest BCUT2D eigenvalue weighted by atomic mass is 31.2. The van der Waals surface area contributed by atoms with Gasteiger partial charge >= 0.3 is 13.3 Å². The Morgan fingerprint density at radius 2 is 1.77 bits per heavy atom. The standard InChI is InChI=1S/C20H39N5O5P/c1-16(2)29-31(27,30-17(3)4)15-28-18(13-25(7,8)9)12-24-11-10-19(22-20(24)26)21-14-23(5)6/h10-11,14,16-18H,12-13,15H2,1-9H3/q+1. The van der Waals surface area contributed by atoms with E-state index in [4.69, 9.17) is 13.8 Å². The van der Waals surface area contributed by atoms with Crippen LogP contribution in [0.15, 0.2) is 22.1 Å². The summed E-state index contributed by atoms with van der Waals surface area (Å²) in [4.78, 5) is 22.4. The zero-order valence-corrected chi connectivity index (χ0v) is 21.2. The Labute approximate surface area is 186 Å². The van der Waals surface area contributed by atoms with E-state index in [1.165, 1.54) is 4.57 Å². The minimum absolute atomic E-state index is 0.193. The summed E-state index contributed by atoms with van der Waals surface area (Å²) in [7, 11) is 6.28. The lowest BCUT2D eigenvalue weighted by atomic mass is 10.3. The second kappa shape index (κ2) is 11.9. The monoisotopic (exact) mass is 460 g/mol. The molecule has 1 unspecified atom stereocenters. The lowest BCUT2D eigenvalue weighted by molar-refractivity contribution is -0.873. The molecule has 0 aliphatic heterocycles. The van der Waals surface area contributed by atoms with Gasteiger partial charge in [0.1, 0.15) is 19.0 Å². The lowest BCUT2D eigenvalue weighted by Gasteiger charge is -2.31. The van der Waals surface area contributed by atoms with E-state index in [2.05, 4.69) is 9.98 Å². The summed E-state index contributed by atoms with van der Waals surface area (Å²) >= 11 is 0. The van der Waals surface area contributed by atoms with Gasteiger partial charge in [0.2, 0.25) is 0 Å². The van der Waals surface area contributed by atoms with Gasteiger partial charge in [-0.25, -0.2) is 9.79 Å². The molecule has 0 aliphatic carbocycles. The fraction of sp³-hybridized carbons (Fsp3) is 0.750. The van der Waals surface area contributed by atoms with Gasteiger partial charge in [-0.05, 0) is 33.8 Å². The number of likely N-dealkylation sites (N-methyl/N-ethyl adjacent to an activating group) is 1. The van der Waals surface area contributed by atoms with E-state index in [1.54, 1.807) is 51.2 Å². The van der Waals surface area contributed by atoms with Crippen molar-refractivity contribution in [3.05, 3.63) is 22.7 Å². The smallest absolute Gasteiger partial charge is 0.356 e. The zero-order valence-electron chi connectivity index (χ0n) is 20.3. The van der Waals surface area contributed by atoms with Crippen LogP contribution >= 0.6 is 7.60 Å². The van der Waals surface area contributed by atoms with Crippen LogP contribution in [0, 0.1) is 0 Å². The molecule has 0 saturated carbocycles. The van der Waals surface area contributed by atoms with Crippen LogP contribution in [0.3, 0.4) is 0 Å². The number of hydrogen-bond donors (Lipinski definition) is 0. The molecule has 0 aromatic carbocycles. The molecule has 0 amide bonds. The fourth-order valence-electron chi connectivity index (χ4n) is 2.72. The quantitative estimate of drug-likeness (QED) is 0.193. The van der Waals surface area contributed by atoms with E-state index in [0.29, 0.717) is 16.8 Å². The maximum Gasteiger partial charge on any atom is 0.356 e. The third-order valence-corrected chi connectivity index (χ3v) is 5.59. The van der Waals surface area contributed by atoms with E-state index in [-0.39, 0.29) is 25.1 Å². The largest absolute Gasteiger partial charge is 0.369 e. The molecule has 0 bridgehead atoms. The maximum atomic E-state index is 13.1. The van der Waals surface area contributed by atoms with Crippen LogP contribution in [0.4, 0.5) is 5.82 Å². The van der Waals surface area contributed by atoms with Crippen molar-refractivity contribution in [1.82, 2.24) is 14.5 Å². The number of nitrogens with zero attached hydrogens (tertiary/aromatic N) is 5. The van der Waals surface area contributed by atoms with Gasteiger partial charge < -0.3 is 23.2 Å². The summed E-state index contributed by atoms with van der Waals surface area (Å²) in [6.45, 7) is 8.02. The molecule has 0 spiro atoms. The Morgan fingerprint density at radius 1 is 1.19 bits per heavy atom. The summed E-state index contributed by atoms with van der Waals surface area (Å²) in [6.07, 6.45) is 2.07. The molecule has 0 N–H and O–H groups in total. The summed E-state index contributed by atoms with van der Waals surface area (Å²) in [6, 6.07) is 1.67. The maximum absolute atomic E-state index is 13.1. The van der Waals surface area contributed by atoms with Gasteiger partial charge in [-0.2, -0.15) is 4.98 Å². The molecule has 0 fully saturated rings. The molecule has 1 heterocycles. The molecule has 178 valence electrons. The highest BCUT2D eigenvalue weighted by Crippen LogP contribution is 2.50. The number of aromatic nitrogens is 2. The van der Waals surface area contributed by atoms with Gasteiger partial charge in [-0.15, -0.1) is 0 Å². The molecule has 1 rings (SSSR count). The number of ether oxygens (including phenoxy) is 1. The van der Waals surface area contributed by atoms with E-state index in [9.17, 15) is 9.36 Å². The van der Waals surface area contributed by atoms with Crippen molar-refractivity contribution >= 4 is 19.8 Å². The Kier molecular flexibility index (Phi) is 10.5. The zero-order chi connectivity index (χ0) is 23.8. The first-order chi connectivity index (χ1) is 14.2. The number of hydrogen-bond acceptors (Lipinski definition) is 7. The SMILES string of the molecule is CC(C)OP(=O)(COC(Cn1ccc(N=CN(C)C)nc1=O)C[N+](C)(C)C)OC(C)C. The highest BCUT2D eigenvalue weighted by molar-refractivity contribution is 7.53. The summed E-state index contributed by atoms with van der Waals surface area (Å²) in [5.74, 6) is 0.333. The molecule has 0 radical (unpaired) electrons. The minimum atomic E-state index is -3.45. The van der Waals surface area contributed by atoms with Crippen molar-refractivity contribution in [3.63, 3.8) is 0 Å². The molecule has 11 heteroatoms. The first-order valence-electron chi connectivity index (χ1n) is 10.3. The van der Waals surface area contributed by atoms with Crippen LogP contribution in [-0.2, 0) is 24.9 Å². The predicted molar refractivity (Wildman–Crippen MR) is 123 cm³/mol. The van der Waals surface area contributed by atoms with Crippen LogP contribution in [0.2, 0.25) is 0 Å². The third-order valence-electron chi connectivity index (χ3n) is 3.64. The predicted octanol–water partition coefficient (Wildman–Crippen LogP) is 2.56. The summed E-state index contributed by atoms with van der Waals surface area (Å²) < 4.78 is 32.3. The lowest BCUT2D eigenvalue weighted by Crippen LogP contribution is -2.45. The molecule has 1 atom stereocenters. The van der Waals surface area contributed by atoms with Gasteiger partial charge in [0, 0.05) is 20.3 Å². The van der Waals surface area contributed by atoms with Gasteiger partial charge in [0.05, 0.1) is 46.2 Å². The van der Waals surface area contributed by atoms with E-state index < -0.39 is 19.4 Å². The van der Waals surface area contributed by atoms with Crippen molar-refractivity contribution in [3.8, 4) is 0 Å². The second-order valence-electron chi connectivity index (χ2n) is 9.24. The van der Waals surface area contributed by atoms with Gasteiger partial charge in [-0.1, -0.05) is 0 Å². The van der Waals surface area contributed by atoms with Gasteiger partial charge in [-0.3, -0.25) is 9.13 Å². The molecule has 1 aromatic heterocycles. The Hall–Kier alpha value is -1.58. The first-order valence-corrected chi connectivity index (χ1v) is 12.1. The topological polar surface area (TPSA) is 95.3 Å². The molecular weight excluding hydrogens is 421 g/mol. The Bertz CT molecular complexity index is 803. The van der Waals surface area contributed by atoms with E-state index in [0.717, 1.165) is 0 Å². The van der Waals surface area contributed by atoms with Crippen molar-refractivity contribution in [2.75, 3.05) is 48.1 Å². The van der Waals surface area contributed by atoms with Crippen molar-refractivity contribution in [2.24, 2.45) is 4.99 Å². The van der Waals surface area contributed by atoms with Crippen molar-refractivity contribution in [2.45, 2.75) is 52.6 Å². The van der Waals surface area contributed by atoms with Crippen LogP contribution < -0.4 is 5.69 Å². The number of quaternary nitrogens is 1. The Balaban J connectivity index is 3.02. The number of rotatable bonds is 13. The fourth-order valence-corrected chi connectivity index (χ4v) is 4.57. The molecule has 10 nitrogen and oxygen atoms in total. The summed E-state index contributed by atoms with van der Waals surface area (Å²) in [5, 5.41) is 0. The van der Waals surface area contributed by atoms with Crippen molar-refractivity contribution in [1.29, 1.82) is 0 Å². The molecule has 0 aliphatic rings. The average molecular weight is 461 g/mol. The second-order valence-corrected chi connectivity index (χ2v) is 11.1.